The fraction of sp³-hybridized carbons (Fsp3) is 0.200. The monoisotopic (exact) mass is 434 g/mol. The Morgan fingerprint density at radius 1 is 0.812 bits per heavy atom. The molecule has 7 nitrogen and oxygen atoms in total. The van der Waals surface area contributed by atoms with Crippen LogP contribution in [0.2, 0.25) is 0 Å². The van der Waals surface area contributed by atoms with Gasteiger partial charge in [0.1, 0.15) is 12.6 Å². The summed E-state index contributed by atoms with van der Waals surface area (Å²) in [5.41, 5.74) is 8.32. The fourth-order valence-electron chi connectivity index (χ4n) is 3.19. The van der Waals surface area contributed by atoms with E-state index in [1.165, 1.54) is 12.1 Å². The molecular formula is C25H26N2O5. The smallest absolute Gasteiger partial charge is 0.329 e. The van der Waals surface area contributed by atoms with E-state index in [4.69, 9.17) is 10.5 Å². The summed E-state index contributed by atoms with van der Waals surface area (Å²) in [5.74, 6) is -1.70. The van der Waals surface area contributed by atoms with E-state index in [1.54, 1.807) is 6.07 Å². The summed E-state index contributed by atoms with van der Waals surface area (Å²) in [5, 5.41) is 22.0. The Bertz CT molecular complexity index is 1040. The van der Waals surface area contributed by atoms with Gasteiger partial charge in [0.15, 0.2) is 11.5 Å². The predicted octanol–water partition coefficient (Wildman–Crippen LogP) is 2.44. The minimum atomic E-state index is -1.02. The molecule has 7 heteroatoms. The topological polar surface area (TPSA) is 122 Å². The molecule has 0 saturated carbocycles. The van der Waals surface area contributed by atoms with Gasteiger partial charge < -0.3 is 26.0 Å². The molecule has 0 aliphatic rings. The van der Waals surface area contributed by atoms with Gasteiger partial charge in [-0.15, -0.1) is 0 Å². The van der Waals surface area contributed by atoms with Gasteiger partial charge in [0.2, 0.25) is 5.91 Å². The lowest BCUT2D eigenvalue weighted by Gasteiger charge is -2.20. The number of esters is 1. The molecule has 3 aromatic rings. The maximum atomic E-state index is 12.8. The molecule has 1 amide bonds. The average Bonchev–Trinajstić information content (AvgIpc) is 2.80. The number of amides is 1. The first-order valence-corrected chi connectivity index (χ1v) is 10.2. The van der Waals surface area contributed by atoms with Gasteiger partial charge in [-0.1, -0.05) is 66.7 Å². The number of rotatable bonds is 9. The molecule has 5 N–H and O–H groups in total. The maximum Gasteiger partial charge on any atom is 0.329 e. The Balaban J connectivity index is 1.70. The second-order valence-electron chi connectivity index (χ2n) is 7.48. The first kappa shape index (κ1) is 22.8. The van der Waals surface area contributed by atoms with E-state index in [0.29, 0.717) is 12.0 Å². The highest BCUT2D eigenvalue weighted by Crippen LogP contribution is 2.25. The van der Waals surface area contributed by atoms with Crippen molar-refractivity contribution in [3.05, 3.63) is 95.6 Å². The number of aromatic hydroxyl groups is 2. The van der Waals surface area contributed by atoms with Gasteiger partial charge in [-0.05, 0) is 35.2 Å². The van der Waals surface area contributed by atoms with Crippen molar-refractivity contribution in [2.75, 3.05) is 0 Å². The minimum Gasteiger partial charge on any atom is -0.504 e. The SMILES string of the molecule is N[C@@H](Cc1ccccc1)C(=O)N[C@@H](Cc1ccc(O)c(O)c1)C(=O)OCc1ccccc1. The highest BCUT2D eigenvalue weighted by molar-refractivity contribution is 5.87. The number of hydrogen-bond donors (Lipinski definition) is 4. The van der Waals surface area contributed by atoms with Gasteiger partial charge in [-0.25, -0.2) is 4.79 Å². The van der Waals surface area contributed by atoms with Crippen molar-refractivity contribution in [3.8, 4) is 11.5 Å². The van der Waals surface area contributed by atoms with Crippen LogP contribution in [0, 0.1) is 0 Å². The van der Waals surface area contributed by atoms with Crippen LogP contribution in [0.25, 0.3) is 0 Å². The first-order valence-electron chi connectivity index (χ1n) is 10.2. The number of carbonyl (C=O) groups is 2. The van der Waals surface area contributed by atoms with Crippen LogP contribution in [-0.4, -0.2) is 34.2 Å². The Labute approximate surface area is 186 Å². The number of phenolic OH excluding ortho intramolecular Hbond substituents is 2. The van der Waals surface area contributed by atoms with Gasteiger partial charge in [0.25, 0.3) is 0 Å². The Morgan fingerprint density at radius 2 is 1.44 bits per heavy atom. The number of nitrogens with one attached hydrogen (secondary N) is 1. The van der Waals surface area contributed by atoms with Crippen molar-refractivity contribution in [3.63, 3.8) is 0 Å². The normalized spacial score (nSPS) is 12.5. The molecule has 0 aliphatic heterocycles. The zero-order valence-corrected chi connectivity index (χ0v) is 17.5. The van der Waals surface area contributed by atoms with Gasteiger partial charge in [-0.3, -0.25) is 4.79 Å². The van der Waals surface area contributed by atoms with Crippen molar-refractivity contribution >= 4 is 11.9 Å². The summed E-state index contributed by atoms with van der Waals surface area (Å²) in [7, 11) is 0. The molecule has 0 aromatic heterocycles. The van der Waals surface area contributed by atoms with Crippen molar-refractivity contribution in [1.82, 2.24) is 5.32 Å². The molecule has 0 radical (unpaired) electrons. The van der Waals surface area contributed by atoms with Crippen LogP contribution in [0.1, 0.15) is 16.7 Å². The third-order valence-corrected chi connectivity index (χ3v) is 4.94. The summed E-state index contributed by atoms with van der Waals surface area (Å²) in [6.07, 6.45) is 0.379. The van der Waals surface area contributed by atoms with E-state index in [9.17, 15) is 19.8 Å². The number of hydrogen-bond acceptors (Lipinski definition) is 6. The van der Waals surface area contributed by atoms with Crippen LogP contribution in [0.15, 0.2) is 78.9 Å². The Morgan fingerprint density at radius 3 is 2.06 bits per heavy atom. The second-order valence-corrected chi connectivity index (χ2v) is 7.48. The third kappa shape index (κ3) is 6.58. The second kappa shape index (κ2) is 11.0. The van der Waals surface area contributed by atoms with Crippen molar-refractivity contribution in [1.29, 1.82) is 0 Å². The number of carbonyl (C=O) groups excluding carboxylic acids is 2. The fourth-order valence-corrected chi connectivity index (χ4v) is 3.19. The summed E-state index contributed by atoms with van der Waals surface area (Å²) >= 11 is 0. The third-order valence-electron chi connectivity index (χ3n) is 4.94. The van der Waals surface area contributed by atoms with Gasteiger partial charge in [0, 0.05) is 6.42 Å². The van der Waals surface area contributed by atoms with E-state index in [-0.39, 0.29) is 24.5 Å². The molecule has 0 bridgehead atoms. The summed E-state index contributed by atoms with van der Waals surface area (Å²) in [6.45, 7) is 0.0585. The maximum absolute atomic E-state index is 12.8. The van der Waals surface area contributed by atoms with E-state index in [0.717, 1.165) is 11.1 Å². The largest absolute Gasteiger partial charge is 0.504 e. The molecule has 3 rings (SSSR count). The van der Waals surface area contributed by atoms with Gasteiger partial charge in [-0.2, -0.15) is 0 Å². The van der Waals surface area contributed by atoms with Crippen LogP contribution in [0.5, 0.6) is 11.5 Å². The lowest BCUT2D eigenvalue weighted by molar-refractivity contribution is -0.149. The van der Waals surface area contributed by atoms with E-state index >= 15 is 0 Å². The summed E-state index contributed by atoms with van der Waals surface area (Å²) in [4.78, 5) is 25.5. The number of benzene rings is 3. The van der Waals surface area contributed by atoms with E-state index in [1.807, 2.05) is 60.7 Å². The highest BCUT2D eigenvalue weighted by atomic mass is 16.5. The van der Waals surface area contributed by atoms with E-state index in [2.05, 4.69) is 5.32 Å². The van der Waals surface area contributed by atoms with Crippen LogP contribution < -0.4 is 11.1 Å². The number of ether oxygens (including phenoxy) is 1. The van der Waals surface area contributed by atoms with E-state index < -0.39 is 24.0 Å². The standard InChI is InChI=1S/C25H26N2O5/c26-20(13-17-7-3-1-4-8-17)24(30)27-21(14-19-11-12-22(28)23(29)15-19)25(31)32-16-18-9-5-2-6-10-18/h1-12,15,20-21,28-29H,13-14,16,26H2,(H,27,30)/t20-,21-/m0/s1. The molecule has 2 atom stereocenters. The molecule has 32 heavy (non-hydrogen) atoms. The highest BCUT2D eigenvalue weighted by Gasteiger charge is 2.26. The number of phenols is 2. The van der Waals surface area contributed by atoms with Crippen LogP contribution >= 0.6 is 0 Å². The molecule has 0 heterocycles. The molecule has 0 saturated heterocycles. The summed E-state index contributed by atoms with van der Waals surface area (Å²) < 4.78 is 5.41. The zero-order valence-electron chi connectivity index (χ0n) is 17.5. The first-order chi connectivity index (χ1) is 15.4. The van der Waals surface area contributed by atoms with Crippen molar-refractivity contribution in [2.45, 2.75) is 31.5 Å². The van der Waals surface area contributed by atoms with Crippen LogP contribution in [0.3, 0.4) is 0 Å². The Hall–Kier alpha value is -3.84. The Kier molecular flexibility index (Phi) is 7.83. The molecule has 0 unspecified atom stereocenters. The van der Waals surface area contributed by atoms with Crippen LogP contribution in [0.4, 0.5) is 0 Å². The molecule has 0 spiro atoms. The zero-order chi connectivity index (χ0) is 22.9. The minimum absolute atomic E-state index is 0.0585. The van der Waals surface area contributed by atoms with Gasteiger partial charge in [0.05, 0.1) is 6.04 Å². The molecule has 0 aliphatic carbocycles. The summed E-state index contributed by atoms with van der Waals surface area (Å²) in [6, 6.07) is 20.9. The molecule has 3 aromatic carbocycles. The van der Waals surface area contributed by atoms with Crippen LogP contribution in [-0.2, 0) is 33.8 Å². The van der Waals surface area contributed by atoms with Crippen molar-refractivity contribution < 1.29 is 24.5 Å². The quantitative estimate of drug-likeness (QED) is 0.303. The average molecular weight is 434 g/mol. The molecule has 0 fully saturated rings. The lowest BCUT2D eigenvalue weighted by atomic mass is 10.0. The molecule has 166 valence electrons. The van der Waals surface area contributed by atoms with Crippen molar-refractivity contribution in [2.24, 2.45) is 5.73 Å². The number of nitrogens with two attached hydrogens (primary N) is 1. The van der Waals surface area contributed by atoms with Gasteiger partial charge >= 0.3 is 5.97 Å². The predicted molar refractivity (Wildman–Crippen MR) is 120 cm³/mol. The molecular weight excluding hydrogens is 408 g/mol. The lowest BCUT2D eigenvalue weighted by Crippen LogP contribution is -2.50.